The lowest BCUT2D eigenvalue weighted by atomic mass is 10.1. The van der Waals surface area contributed by atoms with Gasteiger partial charge in [0.2, 0.25) is 0 Å². The topological polar surface area (TPSA) is 37.8 Å². The molecule has 106 valence electrons. The number of rotatable bonds is 4. The molecule has 1 N–H and O–H groups in total. The van der Waals surface area contributed by atoms with Gasteiger partial charge in [0.1, 0.15) is 5.01 Å². The number of aromatic nitrogens is 2. The molecule has 0 bridgehead atoms. The molecule has 4 heteroatoms. The Morgan fingerprint density at radius 3 is 2.38 bits per heavy atom. The molecular weight excluding hydrogens is 278 g/mol. The van der Waals surface area contributed by atoms with Crippen LogP contribution in [-0.2, 0) is 0 Å². The summed E-state index contributed by atoms with van der Waals surface area (Å²) in [5.74, 6) is 0. The van der Waals surface area contributed by atoms with Crippen LogP contribution >= 0.6 is 11.3 Å². The molecular formula is C17H17N3S. The van der Waals surface area contributed by atoms with Crippen molar-refractivity contribution in [1.82, 2.24) is 15.3 Å². The minimum absolute atomic E-state index is 0.272. The van der Waals surface area contributed by atoms with Crippen molar-refractivity contribution in [3.05, 3.63) is 59.7 Å². The van der Waals surface area contributed by atoms with E-state index in [1.807, 2.05) is 25.2 Å². The van der Waals surface area contributed by atoms with E-state index < -0.39 is 0 Å². The van der Waals surface area contributed by atoms with E-state index in [4.69, 9.17) is 4.98 Å². The summed E-state index contributed by atoms with van der Waals surface area (Å²) in [5, 5.41) is 4.35. The van der Waals surface area contributed by atoms with Crippen molar-refractivity contribution in [1.29, 1.82) is 0 Å². The predicted octanol–water partition coefficient (Wildman–Crippen LogP) is 4.15. The third kappa shape index (κ3) is 2.86. The summed E-state index contributed by atoms with van der Waals surface area (Å²) in [5.41, 5.74) is 3.34. The third-order valence-electron chi connectivity index (χ3n) is 3.45. The average molecular weight is 295 g/mol. The summed E-state index contributed by atoms with van der Waals surface area (Å²) in [6, 6.07) is 14.6. The van der Waals surface area contributed by atoms with Crippen LogP contribution in [0.1, 0.15) is 17.8 Å². The fraction of sp³-hybridized carbons (Fsp3) is 0.176. The second-order valence-corrected chi connectivity index (χ2v) is 5.87. The first-order chi connectivity index (χ1) is 10.3. The molecule has 2 heterocycles. The molecule has 2 aromatic heterocycles. The molecule has 0 fully saturated rings. The fourth-order valence-corrected chi connectivity index (χ4v) is 3.33. The van der Waals surface area contributed by atoms with Gasteiger partial charge in [0.15, 0.2) is 0 Å². The number of nitrogens with zero attached hydrogens (tertiary/aromatic N) is 2. The van der Waals surface area contributed by atoms with Crippen molar-refractivity contribution in [3.63, 3.8) is 0 Å². The van der Waals surface area contributed by atoms with Crippen LogP contribution < -0.4 is 5.32 Å². The Labute approximate surface area is 128 Å². The summed E-state index contributed by atoms with van der Waals surface area (Å²) < 4.78 is 0. The highest BCUT2D eigenvalue weighted by Gasteiger charge is 2.17. The molecule has 0 amide bonds. The first-order valence-electron chi connectivity index (χ1n) is 6.93. The van der Waals surface area contributed by atoms with E-state index >= 15 is 0 Å². The van der Waals surface area contributed by atoms with Gasteiger partial charge < -0.3 is 5.32 Å². The molecule has 0 saturated heterocycles. The molecule has 3 aromatic rings. The predicted molar refractivity (Wildman–Crippen MR) is 88.3 cm³/mol. The summed E-state index contributed by atoms with van der Waals surface area (Å²) >= 11 is 1.74. The second-order valence-electron chi connectivity index (χ2n) is 4.84. The van der Waals surface area contributed by atoms with Crippen molar-refractivity contribution < 1.29 is 0 Å². The normalized spacial score (nSPS) is 12.3. The van der Waals surface area contributed by atoms with E-state index in [-0.39, 0.29) is 6.04 Å². The number of pyridine rings is 1. The zero-order chi connectivity index (χ0) is 14.7. The van der Waals surface area contributed by atoms with Gasteiger partial charge >= 0.3 is 0 Å². The summed E-state index contributed by atoms with van der Waals surface area (Å²) in [6.07, 6.45) is 3.61. The molecule has 21 heavy (non-hydrogen) atoms. The highest BCUT2D eigenvalue weighted by atomic mass is 32.1. The molecule has 0 radical (unpaired) electrons. The van der Waals surface area contributed by atoms with Gasteiger partial charge in [-0.1, -0.05) is 30.3 Å². The monoisotopic (exact) mass is 295 g/mol. The van der Waals surface area contributed by atoms with E-state index in [0.717, 1.165) is 21.8 Å². The van der Waals surface area contributed by atoms with E-state index in [1.165, 1.54) is 4.88 Å². The van der Waals surface area contributed by atoms with Gasteiger partial charge in [-0.25, -0.2) is 4.98 Å². The summed E-state index contributed by atoms with van der Waals surface area (Å²) in [6.45, 7) is 2.16. The number of hydrogen-bond donors (Lipinski definition) is 1. The Morgan fingerprint density at radius 2 is 1.71 bits per heavy atom. The van der Waals surface area contributed by atoms with Gasteiger partial charge in [-0.15, -0.1) is 11.3 Å². The Kier molecular flexibility index (Phi) is 4.08. The zero-order valence-corrected chi connectivity index (χ0v) is 12.9. The number of thiazole rings is 1. The van der Waals surface area contributed by atoms with Crippen LogP contribution in [0.5, 0.6) is 0 Å². The first kappa shape index (κ1) is 13.9. The van der Waals surface area contributed by atoms with Gasteiger partial charge in [0.05, 0.1) is 5.69 Å². The van der Waals surface area contributed by atoms with Gasteiger partial charge in [0, 0.05) is 34.4 Å². The van der Waals surface area contributed by atoms with Crippen molar-refractivity contribution in [2.75, 3.05) is 7.05 Å². The van der Waals surface area contributed by atoms with E-state index in [2.05, 4.69) is 41.5 Å². The molecule has 1 aromatic carbocycles. The molecule has 0 aliphatic rings. The van der Waals surface area contributed by atoms with Crippen molar-refractivity contribution in [2.24, 2.45) is 0 Å². The van der Waals surface area contributed by atoms with Crippen molar-refractivity contribution in [3.8, 4) is 21.8 Å². The minimum Gasteiger partial charge on any atom is -0.312 e. The summed E-state index contributed by atoms with van der Waals surface area (Å²) in [7, 11) is 1.98. The second kappa shape index (κ2) is 6.16. The lowest BCUT2D eigenvalue weighted by Crippen LogP contribution is -2.11. The van der Waals surface area contributed by atoms with Gasteiger partial charge in [0.25, 0.3) is 0 Å². The number of hydrogen-bond acceptors (Lipinski definition) is 4. The Balaban J connectivity index is 2.12. The third-order valence-corrected chi connectivity index (χ3v) is 4.74. The molecule has 0 aliphatic heterocycles. The average Bonchev–Trinajstić information content (AvgIpc) is 3.01. The largest absolute Gasteiger partial charge is 0.312 e. The van der Waals surface area contributed by atoms with E-state index in [9.17, 15) is 0 Å². The first-order valence-corrected chi connectivity index (χ1v) is 7.75. The summed E-state index contributed by atoms with van der Waals surface area (Å²) in [4.78, 5) is 10.2. The molecule has 3 nitrogen and oxygen atoms in total. The highest BCUT2D eigenvalue weighted by molar-refractivity contribution is 7.15. The van der Waals surface area contributed by atoms with Gasteiger partial charge in [-0.3, -0.25) is 4.98 Å². The maximum atomic E-state index is 4.87. The molecule has 3 rings (SSSR count). The van der Waals surface area contributed by atoms with Crippen LogP contribution in [0.15, 0.2) is 54.9 Å². The minimum atomic E-state index is 0.272. The fourth-order valence-electron chi connectivity index (χ4n) is 2.18. The highest BCUT2D eigenvalue weighted by Crippen LogP contribution is 2.36. The van der Waals surface area contributed by atoms with Crippen LogP contribution in [0.3, 0.4) is 0 Å². The SMILES string of the molecule is CNC(C)c1sc(-c2ccncc2)nc1-c1ccccc1. The standard InChI is InChI=1S/C17H17N3S/c1-12(18-2)16-15(13-6-4-3-5-7-13)20-17(21-16)14-8-10-19-11-9-14/h3-12,18H,1-2H3. The van der Waals surface area contributed by atoms with E-state index in [0.29, 0.717) is 0 Å². The van der Waals surface area contributed by atoms with Gasteiger partial charge in [-0.2, -0.15) is 0 Å². The number of nitrogens with one attached hydrogen (secondary N) is 1. The van der Waals surface area contributed by atoms with Crippen LogP contribution in [0, 0.1) is 0 Å². The molecule has 1 unspecified atom stereocenters. The van der Waals surface area contributed by atoms with Crippen molar-refractivity contribution in [2.45, 2.75) is 13.0 Å². The van der Waals surface area contributed by atoms with Crippen molar-refractivity contribution >= 4 is 11.3 Å². The molecule has 0 saturated carbocycles. The number of benzene rings is 1. The van der Waals surface area contributed by atoms with Crippen LogP contribution in [0.25, 0.3) is 21.8 Å². The van der Waals surface area contributed by atoms with Crippen LogP contribution in [0.4, 0.5) is 0 Å². The molecule has 0 spiro atoms. The maximum absolute atomic E-state index is 4.87. The zero-order valence-electron chi connectivity index (χ0n) is 12.1. The van der Waals surface area contributed by atoms with E-state index in [1.54, 1.807) is 23.7 Å². The Hall–Kier alpha value is -2.04. The quantitative estimate of drug-likeness (QED) is 0.785. The van der Waals surface area contributed by atoms with Gasteiger partial charge in [-0.05, 0) is 26.1 Å². The Bertz CT molecular complexity index is 707. The van der Waals surface area contributed by atoms with Crippen LogP contribution in [0.2, 0.25) is 0 Å². The maximum Gasteiger partial charge on any atom is 0.124 e. The smallest absolute Gasteiger partial charge is 0.124 e. The lowest BCUT2D eigenvalue weighted by molar-refractivity contribution is 0.664. The molecule has 0 aliphatic carbocycles. The molecule has 1 atom stereocenters. The lowest BCUT2D eigenvalue weighted by Gasteiger charge is -2.09. The van der Waals surface area contributed by atoms with Crippen LogP contribution in [-0.4, -0.2) is 17.0 Å². The Morgan fingerprint density at radius 1 is 1.00 bits per heavy atom.